The van der Waals surface area contributed by atoms with E-state index in [-0.39, 0.29) is 18.9 Å². The molecule has 2 rings (SSSR count). The van der Waals surface area contributed by atoms with Gasteiger partial charge in [-0.2, -0.15) is 0 Å². The average molecular weight is 1180 g/mol. The number of allylic oxidation sites excluding steroid dienone is 5. The Morgan fingerprint density at radius 3 is 1.18 bits per heavy atom. The normalized spacial score (nSPS) is 24.0. The van der Waals surface area contributed by atoms with Crippen molar-refractivity contribution in [2.75, 3.05) is 19.8 Å². The molecule has 0 aliphatic carbocycles. The van der Waals surface area contributed by atoms with Crippen LogP contribution in [0.5, 0.6) is 0 Å². The Morgan fingerprint density at radius 1 is 0.446 bits per heavy atom. The summed E-state index contributed by atoms with van der Waals surface area (Å²) in [7, 11) is 0. The summed E-state index contributed by atoms with van der Waals surface area (Å²) in [4.78, 5) is 13.2. The SMILES string of the molecule is C/C=C/CC/C=C/CC/C=C/C(O)C(COC1OC(CO)C(OC2OC(CO)C(O)C(O)C2O)C(O)C1O)NC(=O)CCCCCCCCCCCCCCCCCCCCCCCCCCCCCCCCCCCCCCCCCC. The molecule has 0 saturated carbocycles. The Hall–Kier alpha value is -1.79. The maximum Gasteiger partial charge on any atom is 0.220 e. The number of aliphatic hydroxyl groups excluding tert-OH is 8. The summed E-state index contributed by atoms with van der Waals surface area (Å²) in [6, 6.07) is -0.934. The molecule has 0 radical (unpaired) electrons. The molecule has 83 heavy (non-hydrogen) atoms. The van der Waals surface area contributed by atoms with Crippen LogP contribution in [0.4, 0.5) is 0 Å². The zero-order valence-electron chi connectivity index (χ0n) is 53.0. The van der Waals surface area contributed by atoms with Crippen molar-refractivity contribution in [2.45, 2.75) is 376 Å². The zero-order valence-corrected chi connectivity index (χ0v) is 53.0. The predicted molar refractivity (Wildman–Crippen MR) is 337 cm³/mol. The van der Waals surface area contributed by atoms with Crippen molar-refractivity contribution in [2.24, 2.45) is 0 Å². The smallest absolute Gasteiger partial charge is 0.220 e. The van der Waals surface area contributed by atoms with Crippen molar-refractivity contribution in [1.82, 2.24) is 5.32 Å². The number of amides is 1. The molecular formula is C69H129NO13. The molecular weight excluding hydrogens is 1050 g/mol. The number of carbonyl (C=O) groups is 1. The number of hydrogen-bond donors (Lipinski definition) is 9. The van der Waals surface area contributed by atoms with Gasteiger partial charge < -0.3 is 65.1 Å². The number of hydrogen-bond acceptors (Lipinski definition) is 13. The molecule has 0 spiro atoms. The minimum Gasteiger partial charge on any atom is -0.394 e. The first-order valence-corrected chi connectivity index (χ1v) is 34.7. The Balaban J connectivity index is 1.49. The third-order valence-electron chi connectivity index (χ3n) is 17.2. The van der Waals surface area contributed by atoms with Crippen LogP contribution >= 0.6 is 0 Å². The van der Waals surface area contributed by atoms with Gasteiger partial charge in [0.1, 0.15) is 48.8 Å². The molecule has 12 atom stereocenters. The van der Waals surface area contributed by atoms with Gasteiger partial charge in [0.05, 0.1) is 32.0 Å². The van der Waals surface area contributed by atoms with Crippen LogP contribution in [0, 0.1) is 0 Å². The van der Waals surface area contributed by atoms with E-state index in [2.05, 4.69) is 30.5 Å². The molecule has 2 aliphatic heterocycles. The third-order valence-corrected chi connectivity index (χ3v) is 17.2. The minimum absolute atomic E-state index is 0.252. The number of unbranched alkanes of at least 4 members (excludes halogenated alkanes) is 41. The van der Waals surface area contributed by atoms with Gasteiger partial charge in [0, 0.05) is 6.42 Å². The van der Waals surface area contributed by atoms with Gasteiger partial charge in [0.2, 0.25) is 5.91 Å². The van der Waals surface area contributed by atoms with Gasteiger partial charge in [-0.3, -0.25) is 4.79 Å². The van der Waals surface area contributed by atoms with Gasteiger partial charge >= 0.3 is 0 Å². The lowest BCUT2D eigenvalue weighted by Gasteiger charge is -2.46. The highest BCUT2D eigenvalue weighted by Gasteiger charge is 2.51. The Morgan fingerprint density at radius 2 is 0.795 bits per heavy atom. The highest BCUT2D eigenvalue weighted by molar-refractivity contribution is 5.76. The summed E-state index contributed by atoms with van der Waals surface area (Å²) in [5.74, 6) is -0.252. The van der Waals surface area contributed by atoms with E-state index in [1.54, 1.807) is 6.08 Å². The van der Waals surface area contributed by atoms with Gasteiger partial charge in [-0.25, -0.2) is 0 Å². The highest BCUT2D eigenvalue weighted by Crippen LogP contribution is 2.30. The zero-order chi connectivity index (χ0) is 60.2. The van der Waals surface area contributed by atoms with Crippen LogP contribution in [0.2, 0.25) is 0 Å². The van der Waals surface area contributed by atoms with Crippen LogP contribution in [0.15, 0.2) is 36.5 Å². The van der Waals surface area contributed by atoms with Crippen molar-refractivity contribution in [3.05, 3.63) is 36.5 Å². The van der Waals surface area contributed by atoms with Crippen LogP contribution in [0.25, 0.3) is 0 Å². The molecule has 2 fully saturated rings. The van der Waals surface area contributed by atoms with Crippen LogP contribution in [-0.4, -0.2) is 140 Å². The number of ether oxygens (including phenoxy) is 4. The van der Waals surface area contributed by atoms with Gasteiger partial charge in [-0.1, -0.05) is 294 Å². The summed E-state index contributed by atoms with van der Waals surface area (Å²) in [6.07, 6.45) is 53.0. The first-order valence-electron chi connectivity index (χ1n) is 34.7. The van der Waals surface area contributed by atoms with Crippen molar-refractivity contribution < 1.29 is 64.6 Å². The fraction of sp³-hybridized carbons (Fsp3) is 0.899. The van der Waals surface area contributed by atoms with E-state index in [0.717, 1.165) is 38.5 Å². The number of nitrogens with one attached hydrogen (secondary N) is 1. The van der Waals surface area contributed by atoms with E-state index >= 15 is 0 Å². The first-order chi connectivity index (χ1) is 40.6. The van der Waals surface area contributed by atoms with Gasteiger partial charge in [-0.15, -0.1) is 0 Å². The second-order valence-corrected chi connectivity index (χ2v) is 24.7. The molecule has 0 aromatic rings. The molecule has 2 heterocycles. The standard InChI is InChI=1S/C69H129NO13/c1-3-5-7-9-11-13-14-15-16-17-18-19-20-21-22-23-24-25-26-27-28-29-30-31-32-33-34-35-36-37-38-39-40-41-42-43-45-47-49-51-53-61(74)70-57(58(73)52-50-48-46-44-12-10-8-6-4-2)56-80-68-66(79)64(77)67(60(55-72)82-68)83-69-65(78)63(76)62(75)59(54-71)81-69/h4,6,12,44,50,52,57-60,62-69,71-73,75-79H,3,5,7-11,13-43,45-49,51,53-56H2,1-2H3,(H,70,74)/b6-4+,44-12+,52-50+. The minimum atomic E-state index is -1.79. The summed E-state index contributed by atoms with van der Waals surface area (Å²) in [6.45, 7) is 2.56. The molecule has 12 unspecified atom stereocenters. The topological polar surface area (TPSA) is 228 Å². The molecule has 0 aromatic carbocycles. The lowest BCUT2D eigenvalue weighted by molar-refractivity contribution is -0.359. The molecule has 14 heteroatoms. The fourth-order valence-electron chi connectivity index (χ4n) is 11.6. The van der Waals surface area contributed by atoms with Crippen LogP contribution in [-0.2, 0) is 23.7 Å². The average Bonchev–Trinajstić information content (AvgIpc) is 3.58. The Bertz CT molecular complexity index is 1530. The molecule has 14 nitrogen and oxygen atoms in total. The summed E-state index contributed by atoms with van der Waals surface area (Å²) in [5, 5.41) is 86.8. The number of rotatable bonds is 57. The van der Waals surface area contributed by atoms with E-state index in [0.29, 0.717) is 12.8 Å². The Kier molecular flexibility index (Phi) is 50.6. The van der Waals surface area contributed by atoms with E-state index < -0.39 is 86.8 Å². The van der Waals surface area contributed by atoms with Crippen molar-refractivity contribution in [3.63, 3.8) is 0 Å². The van der Waals surface area contributed by atoms with Crippen molar-refractivity contribution in [1.29, 1.82) is 0 Å². The molecule has 9 N–H and O–H groups in total. The molecule has 0 bridgehead atoms. The maximum absolute atomic E-state index is 13.2. The van der Waals surface area contributed by atoms with E-state index in [9.17, 15) is 45.6 Å². The maximum atomic E-state index is 13.2. The lowest BCUT2D eigenvalue weighted by atomic mass is 9.97. The molecule has 0 aromatic heterocycles. The Labute approximate surface area is 506 Å². The molecule has 2 saturated heterocycles. The quantitative estimate of drug-likeness (QED) is 0.0204. The van der Waals surface area contributed by atoms with E-state index in [4.69, 9.17) is 18.9 Å². The molecule has 2 aliphatic rings. The van der Waals surface area contributed by atoms with E-state index in [1.165, 1.54) is 231 Å². The second kappa shape index (κ2) is 54.4. The first kappa shape index (κ1) is 77.3. The van der Waals surface area contributed by atoms with Crippen LogP contribution in [0.3, 0.4) is 0 Å². The number of carbonyl (C=O) groups excluding carboxylic acids is 1. The van der Waals surface area contributed by atoms with Gasteiger partial charge in [0.15, 0.2) is 12.6 Å². The third kappa shape index (κ3) is 39.0. The summed E-state index contributed by atoms with van der Waals surface area (Å²) in [5.41, 5.74) is 0. The van der Waals surface area contributed by atoms with Crippen molar-refractivity contribution >= 4 is 5.91 Å². The van der Waals surface area contributed by atoms with Crippen molar-refractivity contribution in [3.8, 4) is 0 Å². The van der Waals surface area contributed by atoms with Gasteiger partial charge in [-0.05, 0) is 39.0 Å². The second-order valence-electron chi connectivity index (χ2n) is 24.7. The molecule has 1 amide bonds. The lowest BCUT2D eigenvalue weighted by Crippen LogP contribution is -2.65. The van der Waals surface area contributed by atoms with Crippen LogP contribution < -0.4 is 5.32 Å². The number of aliphatic hydroxyl groups is 8. The fourth-order valence-corrected chi connectivity index (χ4v) is 11.6. The largest absolute Gasteiger partial charge is 0.394 e. The predicted octanol–water partition coefficient (Wildman–Crippen LogP) is 13.7. The molecule has 488 valence electrons. The van der Waals surface area contributed by atoms with E-state index in [1.807, 2.05) is 19.1 Å². The summed E-state index contributed by atoms with van der Waals surface area (Å²) >= 11 is 0. The monoisotopic (exact) mass is 1180 g/mol. The van der Waals surface area contributed by atoms with Crippen LogP contribution in [0.1, 0.15) is 303 Å². The van der Waals surface area contributed by atoms with Gasteiger partial charge in [0.25, 0.3) is 0 Å². The highest BCUT2D eigenvalue weighted by atomic mass is 16.7. The summed E-state index contributed by atoms with van der Waals surface area (Å²) < 4.78 is 22.7.